The Kier molecular flexibility index (Phi) is 3.63. The van der Waals surface area contributed by atoms with E-state index >= 15 is 0 Å². The minimum atomic E-state index is -0.188. The first-order valence-corrected chi connectivity index (χ1v) is 5.04. The number of ether oxygens (including phenoxy) is 1. The van der Waals surface area contributed by atoms with E-state index in [9.17, 15) is 0 Å². The van der Waals surface area contributed by atoms with Gasteiger partial charge in [0.15, 0.2) is 0 Å². The van der Waals surface area contributed by atoms with Gasteiger partial charge >= 0.3 is 0 Å². The normalized spacial score (nSPS) is 11.5. The Morgan fingerprint density at radius 1 is 1.33 bits per heavy atom. The Hall–Kier alpha value is -1.16. The maximum atomic E-state index is 5.31. The summed E-state index contributed by atoms with van der Waals surface area (Å²) >= 11 is 0. The maximum absolute atomic E-state index is 5.31. The smallest absolute Gasteiger partial charge is 0.130 e. The average molecular weight is 209 g/mol. The second-order valence-corrected chi connectivity index (χ2v) is 4.26. The molecule has 0 aromatic carbocycles. The van der Waals surface area contributed by atoms with Crippen LogP contribution in [0.1, 0.15) is 25.4 Å². The second-order valence-electron chi connectivity index (χ2n) is 4.26. The minimum absolute atomic E-state index is 0.188. The van der Waals surface area contributed by atoms with Crippen molar-refractivity contribution < 1.29 is 4.74 Å². The number of anilines is 1. The van der Waals surface area contributed by atoms with E-state index < -0.39 is 0 Å². The molecule has 4 heteroatoms. The van der Waals surface area contributed by atoms with Crippen LogP contribution in [0.25, 0.3) is 0 Å². The van der Waals surface area contributed by atoms with E-state index in [1.54, 1.807) is 7.11 Å². The molecule has 1 rings (SSSR count). The number of nitrogens with one attached hydrogen (secondary N) is 1. The highest BCUT2D eigenvalue weighted by atomic mass is 16.5. The van der Waals surface area contributed by atoms with Crippen LogP contribution in [0.5, 0.6) is 0 Å². The van der Waals surface area contributed by atoms with E-state index in [2.05, 4.69) is 15.3 Å². The molecule has 0 aliphatic carbocycles. The van der Waals surface area contributed by atoms with Crippen molar-refractivity contribution in [1.29, 1.82) is 0 Å². The molecule has 0 amide bonds. The topological polar surface area (TPSA) is 47.0 Å². The van der Waals surface area contributed by atoms with E-state index in [-0.39, 0.29) is 5.60 Å². The molecule has 0 radical (unpaired) electrons. The Morgan fingerprint density at radius 2 is 2.00 bits per heavy atom. The highest BCUT2D eigenvalue weighted by Gasteiger charge is 2.15. The average Bonchev–Trinajstić information content (AvgIpc) is 2.14. The van der Waals surface area contributed by atoms with Gasteiger partial charge in [0.05, 0.1) is 5.60 Å². The highest BCUT2D eigenvalue weighted by Crippen LogP contribution is 2.10. The highest BCUT2D eigenvalue weighted by molar-refractivity contribution is 5.36. The van der Waals surface area contributed by atoms with Crippen LogP contribution in [-0.2, 0) is 4.74 Å². The fraction of sp³-hybridized carbons (Fsp3) is 0.636. The predicted molar refractivity (Wildman–Crippen MR) is 61.1 cm³/mol. The predicted octanol–water partition coefficient (Wildman–Crippen LogP) is 1.93. The molecule has 4 nitrogen and oxygen atoms in total. The molecule has 84 valence electrons. The van der Waals surface area contributed by atoms with Crippen molar-refractivity contribution in [2.24, 2.45) is 0 Å². The molecular weight excluding hydrogens is 190 g/mol. The molecule has 0 aliphatic rings. The molecule has 0 unspecified atom stereocenters. The largest absolute Gasteiger partial charge is 0.377 e. The number of methoxy groups -OCH3 is 1. The summed E-state index contributed by atoms with van der Waals surface area (Å²) in [5.41, 5.74) is 0.785. The van der Waals surface area contributed by atoms with Crippen molar-refractivity contribution in [2.75, 3.05) is 19.0 Å². The first-order valence-electron chi connectivity index (χ1n) is 5.04. The van der Waals surface area contributed by atoms with Crippen LogP contribution in [0.2, 0.25) is 0 Å². The lowest BCUT2D eigenvalue weighted by Gasteiger charge is -2.23. The van der Waals surface area contributed by atoms with Crippen molar-refractivity contribution >= 4 is 5.82 Å². The summed E-state index contributed by atoms with van der Waals surface area (Å²) in [5, 5.41) is 3.24. The molecule has 1 aromatic heterocycles. The summed E-state index contributed by atoms with van der Waals surface area (Å²) in [5.74, 6) is 1.64. The van der Waals surface area contributed by atoms with Crippen molar-refractivity contribution in [3.05, 3.63) is 17.6 Å². The van der Waals surface area contributed by atoms with Crippen LogP contribution in [0.4, 0.5) is 5.82 Å². The minimum Gasteiger partial charge on any atom is -0.377 e. The lowest BCUT2D eigenvalue weighted by Crippen LogP contribution is -2.32. The quantitative estimate of drug-likeness (QED) is 0.823. The van der Waals surface area contributed by atoms with Crippen LogP contribution in [0.3, 0.4) is 0 Å². The van der Waals surface area contributed by atoms with Crippen molar-refractivity contribution in [1.82, 2.24) is 9.97 Å². The number of hydrogen-bond donors (Lipinski definition) is 1. The van der Waals surface area contributed by atoms with Gasteiger partial charge in [0.25, 0.3) is 0 Å². The van der Waals surface area contributed by atoms with Crippen LogP contribution in [0.15, 0.2) is 6.07 Å². The molecule has 1 heterocycles. The van der Waals surface area contributed by atoms with Gasteiger partial charge in [-0.2, -0.15) is 0 Å². The Balaban J connectivity index is 2.65. The molecule has 0 atom stereocenters. The summed E-state index contributed by atoms with van der Waals surface area (Å²) in [6, 6.07) is 1.93. The molecule has 1 aromatic rings. The van der Waals surface area contributed by atoms with E-state index in [1.807, 2.05) is 33.8 Å². The standard InChI is InChI=1S/C11H19N3O/c1-8-6-10(14-9(2)13-8)12-7-11(3,4)15-5/h6H,7H2,1-5H3,(H,12,13,14). The molecule has 0 aliphatic heterocycles. The summed E-state index contributed by atoms with van der Waals surface area (Å²) in [6.07, 6.45) is 0. The Morgan fingerprint density at radius 3 is 2.53 bits per heavy atom. The van der Waals surface area contributed by atoms with Gasteiger partial charge in [-0.15, -0.1) is 0 Å². The van der Waals surface area contributed by atoms with Gasteiger partial charge in [-0.3, -0.25) is 0 Å². The summed E-state index contributed by atoms with van der Waals surface area (Å²) in [6.45, 7) is 8.63. The SMILES string of the molecule is COC(C)(C)CNc1cc(C)nc(C)n1. The van der Waals surface area contributed by atoms with E-state index in [4.69, 9.17) is 4.74 Å². The monoisotopic (exact) mass is 209 g/mol. The lowest BCUT2D eigenvalue weighted by atomic mass is 10.1. The maximum Gasteiger partial charge on any atom is 0.130 e. The molecule has 0 spiro atoms. The summed E-state index contributed by atoms with van der Waals surface area (Å²) < 4.78 is 5.31. The fourth-order valence-corrected chi connectivity index (χ4v) is 1.18. The van der Waals surface area contributed by atoms with Crippen molar-refractivity contribution in [2.45, 2.75) is 33.3 Å². The molecule has 0 saturated carbocycles. The third kappa shape index (κ3) is 3.83. The van der Waals surface area contributed by atoms with Crippen molar-refractivity contribution in [3.63, 3.8) is 0 Å². The van der Waals surface area contributed by atoms with Gasteiger partial charge in [-0.05, 0) is 27.7 Å². The summed E-state index contributed by atoms with van der Waals surface area (Å²) in [7, 11) is 1.71. The van der Waals surface area contributed by atoms with Crippen LogP contribution >= 0.6 is 0 Å². The molecule has 0 bridgehead atoms. The lowest BCUT2D eigenvalue weighted by molar-refractivity contribution is 0.0343. The van der Waals surface area contributed by atoms with Crippen LogP contribution in [-0.4, -0.2) is 29.2 Å². The molecular formula is C11H19N3O. The van der Waals surface area contributed by atoms with Gasteiger partial charge < -0.3 is 10.1 Å². The van der Waals surface area contributed by atoms with Gasteiger partial charge in [-0.25, -0.2) is 9.97 Å². The zero-order valence-electron chi connectivity index (χ0n) is 10.1. The first kappa shape index (κ1) is 11.9. The van der Waals surface area contributed by atoms with Gasteiger partial charge in [0.1, 0.15) is 11.6 Å². The van der Waals surface area contributed by atoms with Crippen LogP contribution < -0.4 is 5.32 Å². The van der Waals surface area contributed by atoms with Crippen molar-refractivity contribution in [3.8, 4) is 0 Å². The second kappa shape index (κ2) is 4.57. The molecule has 1 N–H and O–H groups in total. The van der Waals surface area contributed by atoms with E-state index in [0.29, 0.717) is 0 Å². The first-order chi connectivity index (χ1) is 6.93. The molecule has 0 fully saturated rings. The fourth-order valence-electron chi connectivity index (χ4n) is 1.18. The zero-order valence-corrected chi connectivity index (χ0v) is 10.1. The Bertz CT molecular complexity index is 316. The van der Waals surface area contributed by atoms with E-state index in [1.165, 1.54) is 0 Å². The molecule has 15 heavy (non-hydrogen) atoms. The zero-order chi connectivity index (χ0) is 11.5. The van der Waals surface area contributed by atoms with Gasteiger partial charge in [0, 0.05) is 25.4 Å². The molecule has 0 saturated heterocycles. The number of nitrogens with zero attached hydrogens (tertiary/aromatic N) is 2. The Labute approximate surface area is 91.1 Å². The summed E-state index contributed by atoms with van der Waals surface area (Å²) in [4.78, 5) is 8.51. The number of rotatable bonds is 4. The third-order valence-corrected chi connectivity index (χ3v) is 2.21. The van der Waals surface area contributed by atoms with Gasteiger partial charge in [-0.1, -0.05) is 0 Å². The van der Waals surface area contributed by atoms with Crippen LogP contribution in [0, 0.1) is 13.8 Å². The number of aromatic nitrogens is 2. The number of aryl methyl sites for hydroxylation is 2. The van der Waals surface area contributed by atoms with Gasteiger partial charge in [0.2, 0.25) is 0 Å². The van der Waals surface area contributed by atoms with E-state index in [0.717, 1.165) is 23.9 Å². The third-order valence-electron chi connectivity index (χ3n) is 2.21. The number of hydrogen-bond acceptors (Lipinski definition) is 4.